The molecule has 0 spiro atoms. The summed E-state index contributed by atoms with van der Waals surface area (Å²) in [6.45, 7) is 0.794. The molecule has 1 aromatic heterocycles. The van der Waals surface area contributed by atoms with Gasteiger partial charge in [-0.05, 0) is 55.0 Å². The number of benzene rings is 1. The van der Waals surface area contributed by atoms with E-state index in [-0.39, 0.29) is 18.8 Å². The quantitative estimate of drug-likeness (QED) is 0.698. The van der Waals surface area contributed by atoms with Crippen LogP contribution in [0, 0.1) is 11.7 Å². The van der Waals surface area contributed by atoms with E-state index in [1.807, 2.05) is 6.07 Å². The molecule has 0 unspecified atom stereocenters. The van der Waals surface area contributed by atoms with Gasteiger partial charge in [-0.15, -0.1) is 0 Å². The number of halogens is 1. The predicted molar refractivity (Wildman–Crippen MR) is 90.2 cm³/mol. The summed E-state index contributed by atoms with van der Waals surface area (Å²) in [5.41, 5.74) is 1.40. The average Bonchev–Trinajstić information content (AvgIpc) is 3.42. The first-order chi connectivity index (χ1) is 12.1. The second-order valence-electron chi connectivity index (χ2n) is 6.10. The Hall–Kier alpha value is -2.63. The largest absolute Gasteiger partial charge is 0.491 e. The van der Waals surface area contributed by atoms with Gasteiger partial charge in [0.25, 0.3) is 0 Å². The lowest BCUT2D eigenvalue weighted by Gasteiger charge is -2.12. The van der Waals surface area contributed by atoms with Gasteiger partial charge in [0.05, 0.1) is 13.2 Å². The lowest BCUT2D eigenvalue weighted by atomic mass is 10.1. The first-order valence-electron chi connectivity index (χ1n) is 8.36. The fraction of sp³-hybridized carbons (Fsp3) is 0.368. The first-order valence-corrected chi connectivity index (χ1v) is 8.36. The van der Waals surface area contributed by atoms with Gasteiger partial charge in [-0.1, -0.05) is 6.07 Å². The van der Waals surface area contributed by atoms with Gasteiger partial charge in [0.1, 0.15) is 0 Å². The van der Waals surface area contributed by atoms with Gasteiger partial charge >= 0.3 is 5.97 Å². The minimum absolute atomic E-state index is 0.00290. The number of hydrogen-bond donors (Lipinski definition) is 1. The maximum absolute atomic E-state index is 14.3. The van der Waals surface area contributed by atoms with Crippen molar-refractivity contribution in [2.45, 2.75) is 25.7 Å². The summed E-state index contributed by atoms with van der Waals surface area (Å²) in [6, 6.07) is 8.30. The molecule has 1 saturated carbocycles. The highest BCUT2D eigenvalue weighted by Crippen LogP contribution is 2.33. The Kier molecular flexibility index (Phi) is 5.48. The van der Waals surface area contributed by atoms with Crippen molar-refractivity contribution < 1.29 is 23.8 Å². The fourth-order valence-corrected chi connectivity index (χ4v) is 2.40. The number of aromatic nitrogens is 1. The van der Waals surface area contributed by atoms with Gasteiger partial charge in [0.15, 0.2) is 11.6 Å². The van der Waals surface area contributed by atoms with Crippen LogP contribution in [-0.4, -0.2) is 29.3 Å². The van der Waals surface area contributed by atoms with Crippen molar-refractivity contribution in [3.05, 3.63) is 42.3 Å². The summed E-state index contributed by atoms with van der Waals surface area (Å²) in [5, 5.41) is 8.59. The van der Waals surface area contributed by atoms with E-state index in [0.717, 1.165) is 5.56 Å². The van der Waals surface area contributed by atoms with Crippen LogP contribution in [0.3, 0.4) is 0 Å². The van der Waals surface area contributed by atoms with Crippen molar-refractivity contribution in [2.24, 2.45) is 5.92 Å². The van der Waals surface area contributed by atoms with Crippen molar-refractivity contribution in [3.63, 3.8) is 0 Å². The summed E-state index contributed by atoms with van der Waals surface area (Å²) < 4.78 is 25.4. The molecule has 1 aliphatic rings. The maximum atomic E-state index is 14.3. The maximum Gasteiger partial charge on any atom is 0.303 e. The molecule has 1 fully saturated rings. The molecule has 2 aromatic rings. The summed E-state index contributed by atoms with van der Waals surface area (Å²) in [6.07, 6.45) is 4.35. The van der Waals surface area contributed by atoms with Gasteiger partial charge < -0.3 is 14.6 Å². The third-order valence-corrected chi connectivity index (χ3v) is 3.96. The molecule has 0 atom stereocenters. The van der Waals surface area contributed by atoms with Crippen LogP contribution in [0.5, 0.6) is 11.6 Å². The van der Waals surface area contributed by atoms with E-state index in [1.165, 1.54) is 18.9 Å². The van der Waals surface area contributed by atoms with Crippen LogP contribution >= 0.6 is 0 Å². The zero-order chi connectivity index (χ0) is 17.6. The summed E-state index contributed by atoms with van der Waals surface area (Å²) >= 11 is 0. The Morgan fingerprint density at radius 3 is 2.84 bits per heavy atom. The summed E-state index contributed by atoms with van der Waals surface area (Å²) in [4.78, 5) is 14.7. The van der Waals surface area contributed by atoms with Crippen LogP contribution in [0.1, 0.15) is 25.7 Å². The standard InChI is InChI=1S/C19H20FNO4/c20-16-11-14(7-8-17(16)24-10-2-4-18(22)23)15-3-1-9-21-19(15)25-12-13-5-6-13/h1,3,7-9,11,13H,2,4-6,10,12H2,(H,22,23). The Balaban J connectivity index is 1.68. The fourth-order valence-electron chi connectivity index (χ4n) is 2.40. The van der Waals surface area contributed by atoms with E-state index in [2.05, 4.69) is 4.98 Å². The molecule has 5 nitrogen and oxygen atoms in total. The lowest BCUT2D eigenvalue weighted by molar-refractivity contribution is -0.137. The van der Waals surface area contributed by atoms with Gasteiger partial charge in [0, 0.05) is 18.2 Å². The van der Waals surface area contributed by atoms with Crippen molar-refractivity contribution in [1.29, 1.82) is 0 Å². The van der Waals surface area contributed by atoms with Crippen molar-refractivity contribution in [1.82, 2.24) is 4.98 Å². The summed E-state index contributed by atoms with van der Waals surface area (Å²) in [5.74, 6) is -0.171. The Labute approximate surface area is 145 Å². The van der Waals surface area contributed by atoms with Crippen molar-refractivity contribution >= 4 is 5.97 Å². The van der Waals surface area contributed by atoms with Gasteiger partial charge in [-0.2, -0.15) is 0 Å². The molecule has 6 heteroatoms. The van der Waals surface area contributed by atoms with E-state index in [4.69, 9.17) is 14.6 Å². The summed E-state index contributed by atoms with van der Waals surface area (Å²) in [7, 11) is 0. The predicted octanol–water partition coefficient (Wildman–Crippen LogP) is 3.92. The minimum atomic E-state index is -0.894. The van der Waals surface area contributed by atoms with Crippen LogP contribution in [0.25, 0.3) is 11.1 Å². The van der Waals surface area contributed by atoms with E-state index in [1.54, 1.807) is 24.4 Å². The van der Waals surface area contributed by atoms with Crippen molar-refractivity contribution in [3.8, 4) is 22.8 Å². The highest BCUT2D eigenvalue weighted by atomic mass is 19.1. The molecule has 0 bridgehead atoms. The van der Waals surface area contributed by atoms with Crippen LogP contribution in [0.4, 0.5) is 4.39 Å². The highest BCUT2D eigenvalue weighted by molar-refractivity contribution is 5.69. The Morgan fingerprint density at radius 1 is 1.28 bits per heavy atom. The number of nitrogens with zero attached hydrogens (tertiary/aromatic N) is 1. The highest BCUT2D eigenvalue weighted by Gasteiger charge is 2.23. The molecule has 25 heavy (non-hydrogen) atoms. The smallest absolute Gasteiger partial charge is 0.303 e. The number of hydrogen-bond acceptors (Lipinski definition) is 4. The third kappa shape index (κ3) is 4.92. The third-order valence-electron chi connectivity index (χ3n) is 3.96. The molecule has 1 heterocycles. The molecule has 3 rings (SSSR count). The van der Waals surface area contributed by atoms with Crippen LogP contribution < -0.4 is 9.47 Å². The molecule has 1 aromatic carbocycles. The van der Waals surface area contributed by atoms with E-state index in [9.17, 15) is 9.18 Å². The zero-order valence-corrected chi connectivity index (χ0v) is 13.8. The normalized spacial score (nSPS) is 13.5. The molecular formula is C19H20FNO4. The van der Waals surface area contributed by atoms with Gasteiger partial charge in [0.2, 0.25) is 5.88 Å². The van der Waals surface area contributed by atoms with Gasteiger partial charge in [-0.25, -0.2) is 9.37 Å². The number of ether oxygens (including phenoxy) is 2. The molecule has 132 valence electrons. The molecule has 0 aliphatic heterocycles. The number of pyridine rings is 1. The van der Waals surface area contributed by atoms with E-state index in [0.29, 0.717) is 30.4 Å². The number of aliphatic carboxylic acids is 1. The number of carboxylic acids is 1. The topological polar surface area (TPSA) is 68.7 Å². The van der Waals surface area contributed by atoms with Crippen LogP contribution in [0.15, 0.2) is 36.5 Å². The monoisotopic (exact) mass is 345 g/mol. The Bertz CT molecular complexity index is 746. The van der Waals surface area contributed by atoms with E-state index < -0.39 is 11.8 Å². The molecular weight excluding hydrogens is 325 g/mol. The van der Waals surface area contributed by atoms with Crippen LogP contribution in [-0.2, 0) is 4.79 Å². The molecule has 0 radical (unpaired) electrons. The molecule has 0 amide bonds. The van der Waals surface area contributed by atoms with Crippen LogP contribution in [0.2, 0.25) is 0 Å². The van der Waals surface area contributed by atoms with Crippen molar-refractivity contribution in [2.75, 3.05) is 13.2 Å². The molecule has 1 N–H and O–H groups in total. The second kappa shape index (κ2) is 7.96. The van der Waals surface area contributed by atoms with Gasteiger partial charge in [-0.3, -0.25) is 4.79 Å². The number of carbonyl (C=O) groups is 1. The zero-order valence-electron chi connectivity index (χ0n) is 13.8. The molecule has 0 saturated heterocycles. The first kappa shape index (κ1) is 17.2. The lowest BCUT2D eigenvalue weighted by Crippen LogP contribution is -2.04. The minimum Gasteiger partial charge on any atom is -0.491 e. The number of carboxylic acid groups (broad SMARTS) is 1. The number of rotatable bonds is 9. The second-order valence-corrected chi connectivity index (χ2v) is 6.10. The molecule has 1 aliphatic carbocycles. The SMILES string of the molecule is O=C(O)CCCOc1ccc(-c2cccnc2OCC2CC2)cc1F. The van der Waals surface area contributed by atoms with E-state index >= 15 is 0 Å². The average molecular weight is 345 g/mol. The Morgan fingerprint density at radius 2 is 2.12 bits per heavy atom.